The predicted molar refractivity (Wildman–Crippen MR) is 74.7 cm³/mol. The molecule has 19 heavy (non-hydrogen) atoms. The van der Waals surface area contributed by atoms with Crippen molar-refractivity contribution >= 4 is 5.97 Å². The molecule has 3 atom stereocenters. The van der Waals surface area contributed by atoms with Crippen LogP contribution in [0.3, 0.4) is 0 Å². The molecule has 2 aliphatic rings. The molecule has 2 aliphatic carbocycles. The summed E-state index contributed by atoms with van der Waals surface area (Å²) < 4.78 is 10.8. The number of ether oxygens (including phenoxy) is 2. The largest absolute Gasteiger partial charge is 0.463 e. The monoisotopic (exact) mass is 266 g/mol. The summed E-state index contributed by atoms with van der Waals surface area (Å²) in [5, 5.41) is 0. The van der Waals surface area contributed by atoms with Gasteiger partial charge in [-0.05, 0) is 42.9 Å². The number of fused-ring (bicyclic) bond motifs is 2. The highest BCUT2D eigenvalue weighted by atomic mass is 16.5. The van der Waals surface area contributed by atoms with Gasteiger partial charge in [0.1, 0.15) is 0 Å². The van der Waals surface area contributed by atoms with E-state index in [2.05, 4.69) is 20.8 Å². The van der Waals surface area contributed by atoms with Gasteiger partial charge < -0.3 is 9.47 Å². The summed E-state index contributed by atoms with van der Waals surface area (Å²) in [5.74, 6) is 0.502. The Balaban J connectivity index is 1.84. The maximum atomic E-state index is 11.2. The van der Waals surface area contributed by atoms with Crippen LogP contribution in [0.15, 0.2) is 12.2 Å². The molecule has 0 heterocycles. The lowest BCUT2D eigenvalue weighted by Gasteiger charge is -2.38. The molecule has 2 fully saturated rings. The standard InChI is InChI=1S/C16H26O3/c1-5-18-14(17)7-6-10-19-13-11-12-8-9-16(13,4)15(12,2)3/h6-7,12-13H,5,8-11H2,1-4H3/b7-6+. The van der Waals surface area contributed by atoms with Gasteiger partial charge in [-0.2, -0.15) is 0 Å². The molecule has 2 rings (SSSR count). The third kappa shape index (κ3) is 2.45. The quantitative estimate of drug-likeness (QED) is 0.565. The van der Waals surface area contributed by atoms with Gasteiger partial charge in [0.25, 0.3) is 0 Å². The van der Waals surface area contributed by atoms with E-state index in [9.17, 15) is 4.79 Å². The van der Waals surface area contributed by atoms with E-state index in [1.54, 1.807) is 13.0 Å². The molecule has 2 saturated carbocycles. The lowest BCUT2D eigenvalue weighted by Crippen LogP contribution is -2.37. The zero-order valence-corrected chi connectivity index (χ0v) is 12.6. The molecular formula is C16H26O3. The van der Waals surface area contributed by atoms with E-state index >= 15 is 0 Å². The van der Waals surface area contributed by atoms with Crippen LogP contribution in [0.25, 0.3) is 0 Å². The van der Waals surface area contributed by atoms with Gasteiger partial charge in [0.05, 0.1) is 19.3 Å². The first-order valence-electron chi connectivity index (χ1n) is 7.36. The summed E-state index contributed by atoms with van der Waals surface area (Å²) in [4.78, 5) is 11.2. The molecule has 3 heteroatoms. The number of hydrogen-bond donors (Lipinski definition) is 0. The molecule has 0 amide bonds. The molecule has 3 nitrogen and oxygen atoms in total. The van der Waals surface area contributed by atoms with Crippen molar-refractivity contribution in [3.63, 3.8) is 0 Å². The first-order valence-corrected chi connectivity index (χ1v) is 7.36. The smallest absolute Gasteiger partial charge is 0.330 e. The highest BCUT2D eigenvalue weighted by molar-refractivity contribution is 5.81. The zero-order valence-electron chi connectivity index (χ0n) is 12.6. The summed E-state index contributed by atoms with van der Waals surface area (Å²) in [6.45, 7) is 9.84. The maximum absolute atomic E-state index is 11.2. The molecule has 2 bridgehead atoms. The van der Waals surface area contributed by atoms with Gasteiger partial charge in [0.15, 0.2) is 0 Å². The molecule has 108 valence electrons. The number of hydrogen-bond acceptors (Lipinski definition) is 3. The van der Waals surface area contributed by atoms with Gasteiger partial charge >= 0.3 is 5.97 Å². The van der Waals surface area contributed by atoms with Crippen molar-refractivity contribution in [3.05, 3.63) is 12.2 Å². The van der Waals surface area contributed by atoms with E-state index in [0.717, 1.165) is 12.3 Å². The molecule has 0 aromatic carbocycles. The van der Waals surface area contributed by atoms with E-state index < -0.39 is 0 Å². The van der Waals surface area contributed by atoms with Crippen molar-refractivity contribution in [2.75, 3.05) is 13.2 Å². The van der Waals surface area contributed by atoms with Crippen LogP contribution in [0.1, 0.15) is 47.0 Å². The predicted octanol–water partition coefficient (Wildman–Crippen LogP) is 3.34. The van der Waals surface area contributed by atoms with Gasteiger partial charge in [-0.15, -0.1) is 0 Å². The SMILES string of the molecule is CCOC(=O)/C=C/COC1CC2CCC1(C)C2(C)C. The van der Waals surface area contributed by atoms with Gasteiger partial charge in [0.2, 0.25) is 0 Å². The third-order valence-electron chi connectivity index (χ3n) is 5.65. The third-order valence-corrected chi connectivity index (χ3v) is 5.65. The van der Waals surface area contributed by atoms with Gasteiger partial charge in [0, 0.05) is 6.08 Å². The minimum atomic E-state index is -0.286. The number of carbonyl (C=O) groups is 1. The van der Waals surface area contributed by atoms with Crippen LogP contribution in [-0.2, 0) is 14.3 Å². The summed E-state index contributed by atoms with van der Waals surface area (Å²) in [6, 6.07) is 0. The minimum absolute atomic E-state index is 0.286. The van der Waals surface area contributed by atoms with Crippen LogP contribution < -0.4 is 0 Å². The first kappa shape index (κ1) is 14.6. The average Bonchev–Trinajstić information content (AvgIpc) is 2.67. The molecule has 0 saturated heterocycles. The van der Waals surface area contributed by atoms with Crippen LogP contribution in [0.5, 0.6) is 0 Å². The molecule has 0 aromatic rings. The first-order chi connectivity index (χ1) is 8.91. The van der Waals surface area contributed by atoms with Crippen LogP contribution in [-0.4, -0.2) is 25.3 Å². The second-order valence-corrected chi connectivity index (χ2v) is 6.59. The van der Waals surface area contributed by atoms with Gasteiger partial charge in [-0.3, -0.25) is 0 Å². The van der Waals surface area contributed by atoms with E-state index in [0.29, 0.717) is 24.7 Å². The van der Waals surface area contributed by atoms with Crippen LogP contribution in [0, 0.1) is 16.7 Å². The Morgan fingerprint density at radius 1 is 1.37 bits per heavy atom. The topological polar surface area (TPSA) is 35.5 Å². The maximum Gasteiger partial charge on any atom is 0.330 e. The van der Waals surface area contributed by atoms with E-state index in [1.807, 2.05) is 0 Å². The summed E-state index contributed by atoms with van der Waals surface area (Å²) in [7, 11) is 0. The molecule has 0 N–H and O–H groups in total. The Morgan fingerprint density at radius 2 is 2.11 bits per heavy atom. The minimum Gasteiger partial charge on any atom is -0.463 e. The molecule has 0 radical (unpaired) electrons. The molecule has 0 spiro atoms. The Kier molecular flexibility index (Phi) is 4.05. The molecule has 0 aromatic heterocycles. The number of esters is 1. The van der Waals surface area contributed by atoms with Crippen molar-refractivity contribution in [2.45, 2.75) is 53.1 Å². The Bertz CT molecular complexity index is 372. The fourth-order valence-electron chi connectivity index (χ4n) is 3.89. The van der Waals surface area contributed by atoms with E-state index in [4.69, 9.17) is 9.47 Å². The highest BCUT2D eigenvalue weighted by Gasteiger charge is 2.61. The van der Waals surface area contributed by atoms with Crippen LogP contribution in [0.4, 0.5) is 0 Å². The number of carbonyl (C=O) groups excluding carboxylic acids is 1. The lowest BCUT2D eigenvalue weighted by atomic mass is 9.70. The van der Waals surface area contributed by atoms with Crippen molar-refractivity contribution in [3.8, 4) is 0 Å². The Morgan fingerprint density at radius 3 is 2.63 bits per heavy atom. The number of rotatable bonds is 5. The molecule has 3 unspecified atom stereocenters. The Labute approximate surface area is 116 Å². The zero-order chi connectivity index (χ0) is 14.1. The molecular weight excluding hydrogens is 240 g/mol. The summed E-state index contributed by atoms with van der Waals surface area (Å²) >= 11 is 0. The second-order valence-electron chi connectivity index (χ2n) is 6.59. The van der Waals surface area contributed by atoms with Gasteiger partial charge in [-0.25, -0.2) is 4.79 Å². The summed E-state index contributed by atoms with van der Waals surface area (Å²) in [6.07, 6.45) is 7.31. The summed E-state index contributed by atoms with van der Waals surface area (Å²) in [5.41, 5.74) is 0.665. The van der Waals surface area contributed by atoms with Gasteiger partial charge in [-0.1, -0.05) is 26.8 Å². The average molecular weight is 266 g/mol. The van der Waals surface area contributed by atoms with E-state index in [1.165, 1.54) is 18.9 Å². The van der Waals surface area contributed by atoms with Crippen molar-refractivity contribution < 1.29 is 14.3 Å². The lowest BCUT2D eigenvalue weighted by molar-refractivity contribution is -0.137. The molecule has 0 aliphatic heterocycles. The second kappa shape index (κ2) is 5.28. The van der Waals surface area contributed by atoms with Crippen molar-refractivity contribution in [1.82, 2.24) is 0 Å². The van der Waals surface area contributed by atoms with E-state index in [-0.39, 0.29) is 11.4 Å². The highest BCUT2D eigenvalue weighted by Crippen LogP contribution is 2.66. The fraction of sp³-hybridized carbons (Fsp3) is 0.812. The normalized spacial score (nSPS) is 36.0. The van der Waals surface area contributed by atoms with Crippen molar-refractivity contribution in [1.29, 1.82) is 0 Å². The van der Waals surface area contributed by atoms with Crippen LogP contribution >= 0.6 is 0 Å². The van der Waals surface area contributed by atoms with Crippen LogP contribution in [0.2, 0.25) is 0 Å². The Hall–Kier alpha value is -0.830. The van der Waals surface area contributed by atoms with Crippen molar-refractivity contribution in [2.24, 2.45) is 16.7 Å². The fourth-order valence-corrected chi connectivity index (χ4v) is 3.89.